The van der Waals surface area contributed by atoms with Crippen LogP contribution in [0.3, 0.4) is 0 Å². The first-order chi connectivity index (χ1) is 10.0. The molecule has 0 aromatic carbocycles. The van der Waals surface area contributed by atoms with Crippen LogP contribution in [0.4, 0.5) is 0 Å². The van der Waals surface area contributed by atoms with Gasteiger partial charge >= 0.3 is 0 Å². The highest BCUT2D eigenvalue weighted by Gasteiger charge is 2.45. The second-order valence-electron chi connectivity index (χ2n) is 5.36. The quantitative estimate of drug-likeness (QED) is 0.451. The van der Waals surface area contributed by atoms with Crippen LogP contribution < -0.4 is 5.32 Å². The smallest absolute Gasteiger partial charge is 0.217 e. The molecular formula is C14H27NO6. The Morgan fingerprint density at radius 2 is 1.95 bits per heavy atom. The molecule has 4 N–H and O–H groups in total. The zero-order valence-corrected chi connectivity index (χ0v) is 12.7. The number of aliphatic hydroxyl groups excluding tert-OH is 3. The summed E-state index contributed by atoms with van der Waals surface area (Å²) >= 11 is 0. The average molecular weight is 305 g/mol. The summed E-state index contributed by atoms with van der Waals surface area (Å²) < 4.78 is 11.0. The molecule has 0 aromatic rings. The second-order valence-corrected chi connectivity index (χ2v) is 5.36. The molecule has 1 fully saturated rings. The Kier molecular flexibility index (Phi) is 8.13. The fourth-order valence-electron chi connectivity index (χ4n) is 2.34. The number of aliphatic hydroxyl groups is 3. The number of hydrogen-bond donors (Lipinski definition) is 4. The zero-order chi connectivity index (χ0) is 15.8. The van der Waals surface area contributed by atoms with Crippen LogP contribution in [0.15, 0.2) is 0 Å². The van der Waals surface area contributed by atoms with Gasteiger partial charge < -0.3 is 30.1 Å². The van der Waals surface area contributed by atoms with Gasteiger partial charge in [-0.05, 0) is 6.42 Å². The zero-order valence-electron chi connectivity index (χ0n) is 12.7. The minimum Gasteiger partial charge on any atom is -0.394 e. The molecule has 1 rings (SSSR count). The van der Waals surface area contributed by atoms with Crippen LogP contribution in [-0.2, 0) is 14.3 Å². The van der Waals surface area contributed by atoms with E-state index in [1.165, 1.54) is 6.92 Å². The van der Waals surface area contributed by atoms with Crippen LogP contribution in [0, 0.1) is 0 Å². The van der Waals surface area contributed by atoms with E-state index in [1.807, 2.05) is 0 Å². The molecule has 1 aliphatic rings. The molecule has 124 valence electrons. The van der Waals surface area contributed by atoms with Gasteiger partial charge in [0.2, 0.25) is 5.91 Å². The number of nitrogens with one attached hydrogen (secondary N) is 1. The molecule has 1 aliphatic heterocycles. The van der Waals surface area contributed by atoms with Gasteiger partial charge in [-0.1, -0.05) is 26.2 Å². The van der Waals surface area contributed by atoms with Crippen molar-refractivity contribution in [2.24, 2.45) is 0 Å². The van der Waals surface area contributed by atoms with Gasteiger partial charge in [-0.25, -0.2) is 0 Å². The van der Waals surface area contributed by atoms with Gasteiger partial charge in [0.25, 0.3) is 0 Å². The summed E-state index contributed by atoms with van der Waals surface area (Å²) in [5, 5.41) is 31.6. The monoisotopic (exact) mass is 305 g/mol. The highest BCUT2D eigenvalue weighted by Crippen LogP contribution is 2.22. The van der Waals surface area contributed by atoms with Gasteiger partial charge in [-0.15, -0.1) is 0 Å². The van der Waals surface area contributed by atoms with Crippen molar-refractivity contribution in [3.05, 3.63) is 0 Å². The standard InChI is InChI=1S/C14H27NO6/c1-3-4-5-6-7-20-14-11(15-9(2)17)13(19)12(18)10(8-16)21-14/h10-14,16,18-19H,3-8H2,1-2H3,(H,15,17). The summed E-state index contributed by atoms with van der Waals surface area (Å²) in [6.45, 7) is 3.43. The Balaban J connectivity index is 2.58. The third kappa shape index (κ3) is 5.52. The van der Waals surface area contributed by atoms with Crippen molar-refractivity contribution >= 4 is 5.91 Å². The lowest BCUT2D eigenvalue weighted by molar-refractivity contribution is -0.270. The van der Waals surface area contributed by atoms with E-state index < -0.39 is 37.3 Å². The van der Waals surface area contributed by atoms with Crippen molar-refractivity contribution < 1.29 is 29.6 Å². The van der Waals surface area contributed by atoms with Crippen molar-refractivity contribution in [1.29, 1.82) is 0 Å². The van der Waals surface area contributed by atoms with Gasteiger partial charge in [-0.3, -0.25) is 4.79 Å². The SMILES string of the molecule is CCCCCCOC1OC(CO)C(O)C(O)C1NC(C)=O. The minimum absolute atomic E-state index is 0.350. The molecule has 0 saturated carbocycles. The van der Waals surface area contributed by atoms with Gasteiger partial charge in [0.15, 0.2) is 6.29 Å². The topological polar surface area (TPSA) is 108 Å². The van der Waals surface area contributed by atoms with E-state index >= 15 is 0 Å². The van der Waals surface area contributed by atoms with E-state index in [9.17, 15) is 15.0 Å². The largest absolute Gasteiger partial charge is 0.394 e. The Morgan fingerprint density at radius 1 is 1.24 bits per heavy atom. The second kappa shape index (κ2) is 9.32. The predicted molar refractivity (Wildman–Crippen MR) is 75.5 cm³/mol. The molecule has 21 heavy (non-hydrogen) atoms. The van der Waals surface area contributed by atoms with Crippen molar-refractivity contribution in [3.8, 4) is 0 Å². The number of carbonyl (C=O) groups is 1. The Bertz CT molecular complexity index is 314. The third-order valence-electron chi connectivity index (χ3n) is 3.53. The molecule has 5 unspecified atom stereocenters. The molecule has 0 aromatic heterocycles. The van der Waals surface area contributed by atoms with Crippen molar-refractivity contribution in [1.82, 2.24) is 5.32 Å². The maximum absolute atomic E-state index is 11.2. The number of amides is 1. The fourth-order valence-corrected chi connectivity index (χ4v) is 2.34. The molecule has 7 heteroatoms. The number of unbranched alkanes of at least 4 members (excludes halogenated alkanes) is 3. The Hall–Kier alpha value is -0.730. The van der Waals surface area contributed by atoms with Crippen LogP contribution in [0.5, 0.6) is 0 Å². The summed E-state index contributed by atoms with van der Waals surface area (Å²) in [5.41, 5.74) is 0. The molecule has 0 radical (unpaired) electrons. The lowest BCUT2D eigenvalue weighted by atomic mass is 9.97. The van der Waals surface area contributed by atoms with E-state index in [0.717, 1.165) is 25.7 Å². The van der Waals surface area contributed by atoms with E-state index in [-0.39, 0.29) is 5.91 Å². The summed E-state index contributed by atoms with van der Waals surface area (Å²) in [5.74, 6) is -0.350. The maximum Gasteiger partial charge on any atom is 0.217 e. The highest BCUT2D eigenvalue weighted by atomic mass is 16.7. The third-order valence-corrected chi connectivity index (χ3v) is 3.53. The van der Waals surface area contributed by atoms with Crippen LogP contribution in [-0.4, -0.2) is 65.1 Å². The van der Waals surface area contributed by atoms with Gasteiger partial charge in [0, 0.05) is 13.5 Å². The first kappa shape index (κ1) is 18.3. The molecule has 1 saturated heterocycles. The highest BCUT2D eigenvalue weighted by molar-refractivity contribution is 5.73. The first-order valence-corrected chi connectivity index (χ1v) is 7.52. The fraction of sp³-hybridized carbons (Fsp3) is 0.929. The molecule has 1 heterocycles. The van der Waals surface area contributed by atoms with Crippen LogP contribution in [0.2, 0.25) is 0 Å². The Morgan fingerprint density at radius 3 is 2.52 bits per heavy atom. The maximum atomic E-state index is 11.2. The summed E-state index contributed by atoms with van der Waals surface area (Å²) in [6, 6.07) is -0.855. The number of carbonyl (C=O) groups excluding carboxylic acids is 1. The van der Waals surface area contributed by atoms with Crippen LogP contribution in [0.25, 0.3) is 0 Å². The molecule has 7 nitrogen and oxygen atoms in total. The summed E-state index contributed by atoms with van der Waals surface area (Å²) in [4.78, 5) is 11.2. The lowest BCUT2D eigenvalue weighted by Gasteiger charge is -2.42. The van der Waals surface area contributed by atoms with E-state index in [0.29, 0.717) is 6.61 Å². The van der Waals surface area contributed by atoms with E-state index in [1.54, 1.807) is 0 Å². The number of rotatable bonds is 8. The van der Waals surface area contributed by atoms with Crippen molar-refractivity contribution in [3.63, 3.8) is 0 Å². The molecular weight excluding hydrogens is 278 g/mol. The molecule has 0 bridgehead atoms. The average Bonchev–Trinajstić information content (AvgIpc) is 2.45. The van der Waals surface area contributed by atoms with Gasteiger partial charge in [-0.2, -0.15) is 0 Å². The van der Waals surface area contributed by atoms with Gasteiger partial charge in [0.1, 0.15) is 24.4 Å². The van der Waals surface area contributed by atoms with E-state index in [2.05, 4.69) is 12.2 Å². The Labute approximate surface area is 125 Å². The van der Waals surface area contributed by atoms with Crippen LogP contribution in [0.1, 0.15) is 39.5 Å². The predicted octanol–water partition coefficient (Wildman–Crippen LogP) is -0.473. The van der Waals surface area contributed by atoms with E-state index in [4.69, 9.17) is 14.6 Å². The first-order valence-electron chi connectivity index (χ1n) is 7.52. The number of ether oxygens (including phenoxy) is 2. The summed E-state index contributed by atoms with van der Waals surface area (Å²) in [7, 11) is 0. The molecule has 1 amide bonds. The lowest BCUT2D eigenvalue weighted by Crippen LogP contribution is -2.64. The number of hydrogen-bond acceptors (Lipinski definition) is 6. The molecule has 5 atom stereocenters. The van der Waals surface area contributed by atoms with Gasteiger partial charge in [0.05, 0.1) is 6.61 Å². The van der Waals surface area contributed by atoms with Crippen molar-refractivity contribution in [2.45, 2.75) is 70.2 Å². The van der Waals surface area contributed by atoms with Crippen molar-refractivity contribution in [2.75, 3.05) is 13.2 Å². The van der Waals surface area contributed by atoms with Crippen LogP contribution >= 0.6 is 0 Å². The molecule has 0 spiro atoms. The summed E-state index contributed by atoms with van der Waals surface area (Å²) in [6.07, 6.45) is -0.216. The molecule has 0 aliphatic carbocycles. The minimum atomic E-state index is -1.27. The normalized spacial score (nSPS) is 32.9.